The zero-order valence-electron chi connectivity index (χ0n) is 14.6. The standard InChI is InChI=1S/C19H19Br2NO5/c1-2-8-5-9(20)3-4-12(8)22-13(23)7-26-18(24)14-10-6-11-15(14)19(25)27-17(11)16(10)21/h3-5,10-11,14-17H,2,6-7H2,1H3,(H,22,23)/t10-,11-,14-,15-,16-,17+/m1/s1. The van der Waals surface area contributed by atoms with Gasteiger partial charge in [0.2, 0.25) is 0 Å². The molecule has 3 aliphatic rings. The molecule has 0 radical (unpaired) electrons. The van der Waals surface area contributed by atoms with Crippen LogP contribution in [0.3, 0.4) is 0 Å². The number of aryl methyl sites for hydroxylation is 1. The largest absolute Gasteiger partial charge is 0.461 e. The first-order chi connectivity index (χ1) is 12.9. The molecule has 2 bridgehead atoms. The van der Waals surface area contributed by atoms with Gasteiger partial charge in [0.25, 0.3) is 5.91 Å². The maximum atomic E-state index is 12.6. The van der Waals surface area contributed by atoms with Gasteiger partial charge in [-0.1, -0.05) is 38.8 Å². The van der Waals surface area contributed by atoms with E-state index in [4.69, 9.17) is 9.47 Å². The summed E-state index contributed by atoms with van der Waals surface area (Å²) in [5, 5.41) is 2.78. The molecule has 2 aliphatic carbocycles. The van der Waals surface area contributed by atoms with Crippen molar-refractivity contribution in [2.75, 3.05) is 11.9 Å². The number of alkyl halides is 1. The van der Waals surface area contributed by atoms with Crippen molar-refractivity contribution in [1.29, 1.82) is 0 Å². The summed E-state index contributed by atoms with van der Waals surface area (Å²) in [4.78, 5) is 36.9. The molecule has 0 spiro atoms. The van der Waals surface area contributed by atoms with Crippen molar-refractivity contribution >= 4 is 55.4 Å². The maximum Gasteiger partial charge on any atom is 0.310 e. The van der Waals surface area contributed by atoms with Crippen LogP contribution in [0.4, 0.5) is 5.69 Å². The predicted molar refractivity (Wildman–Crippen MR) is 104 cm³/mol. The molecule has 0 unspecified atom stereocenters. The molecule has 27 heavy (non-hydrogen) atoms. The average molecular weight is 501 g/mol. The normalized spacial score (nSPS) is 33.1. The lowest BCUT2D eigenvalue weighted by Gasteiger charge is -2.26. The van der Waals surface area contributed by atoms with Crippen molar-refractivity contribution in [1.82, 2.24) is 0 Å². The molecular weight excluding hydrogens is 482 g/mol. The Bertz CT molecular complexity index is 813. The highest BCUT2D eigenvalue weighted by atomic mass is 79.9. The van der Waals surface area contributed by atoms with Gasteiger partial charge in [0.1, 0.15) is 6.10 Å². The van der Waals surface area contributed by atoms with E-state index in [-0.39, 0.29) is 35.3 Å². The van der Waals surface area contributed by atoms with Crippen LogP contribution in [0.2, 0.25) is 0 Å². The predicted octanol–water partition coefficient (Wildman–Crippen LogP) is 3.06. The van der Waals surface area contributed by atoms with Gasteiger partial charge in [-0.2, -0.15) is 0 Å². The Kier molecular flexibility index (Phi) is 5.05. The Morgan fingerprint density at radius 3 is 2.85 bits per heavy atom. The van der Waals surface area contributed by atoms with Crippen molar-refractivity contribution in [2.24, 2.45) is 23.7 Å². The molecule has 1 amide bonds. The molecule has 6 nitrogen and oxygen atoms in total. The quantitative estimate of drug-likeness (QED) is 0.496. The summed E-state index contributed by atoms with van der Waals surface area (Å²) in [7, 11) is 0. The number of benzene rings is 1. The van der Waals surface area contributed by atoms with Crippen LogP contribution < -0.4 is 5.32 Å². The third kappa shape index (κ3) is 3.20. The number of carbonyl (C=O) groups is 3. The summed E-state index contributed by atoms with van der Waals surface area (Å²) in [6, 6.07) is 5.59. The summed E-state index contributed by atoms with van der Waals surface area (Å²) in [6.07, 6.45) is 1.41. The number of fused-ring (bicyclic) bond motifs is 1. The molecule has 0 aromatic heterocycles. The van der Waals surface area contributed by atoms with Gasteiger partial charge < -0.3 is 14.8 Å². The summed E-state index contributed by atoms with van der Waals surface area (Å²) < 4.78 is 11.6. The Balaban J connectivity index is 1.37. The van der Waals surface area contributed by atoms with E-state index < -0.39 is 23.7 Å². The molecule has 1 aromatic carbocycles. The molecule has 1 aliphatic heterocycles. The summed E-state index contributed by atoms with van der Waals surface area (Å²) in [6.45, 7) is 1.63. The van der Waals surface area contributed by atoms with E-state index in [2.05, 4.69) is 37.2 Å². The van der Waals surface area contributed by atoms with Crippen LogP contribution >= 0.6 is 31.9 Å². The van der Waals surface area contributed by atoms with Gasteiger partial charge in [-0.15, -0.1) is 0 Å². The number of hydrogen-bond acceptors (Lipinski definition) is 5. The highest BCUT2D eigenvalue weighted by molar-refractivity contribution is 9.10. The molecule has 144 valence electrons. The van der Waals surface area contributed by atoms with Crippen molar-refractivity contribution in [3.8, 4) is 0 Å². The molecule has 1 N–H and O–H groups in total. The Morgan fingerprint density at radius 1 is 1.33 bits per heavy atom. The lowest BCUT2D eigenvalue weighted by atomic mass is 9.80. The van der Waals surface area contributed by atoms with E-state index >= 15 is 0 Å². The van der Waals surface area contributed by atoms with E-state index in [0.29, 0.717) is 5.69 Å². The number of ether oxygens (including phenoxy) is 2. The van der Waals surface area contributed by atoms with Crippen molar-refractivity contribution in [2.45, 2.75) is 30.7 Å². The minimum Gasteiger partial charge on any atom is -0.461 e. The molecular formula is C19H19Br2NO5. The second-order valence-corrected chi connectivity index (χ2v) is 9.24. The number of esters is 2. The zero-order chi connectivity index (χ0) is 19.3. The minimum atomic E-state index is -0.530. The smallest absolute Gasteiger partial charge is 0.310 e. The monoisotopic (exact) mass is 499 g/mol. The van der Waals surface area contributed by atoms with Crippen molar-refractivity contribution in [3.05, 3.63) is 28.2 Å². The van der Waals surface area contributed by atoms with Gasteiger partial charge in [0.05, 0.1) is 16.7 Å². The van der Waals surface area contributed by atoms with Gasteiger partial charge in [0, 0.05) is 16.1 Å². The van der Waals surface area contributed by atoms with Gasteiger partial charge in [0.15, 0.2) is 6.61 Å². The van der Waals surface area contributed by atoms with Crippen LogP contribution in [0, 0.1) is 23.7 Å². The number of rotatable bonds is 5. The topological polar surface area (TPSA) is 81.7 Å². The lowest BCUT2D eigenvalue weighted by Crippen LogP contribution is -2.39. The molecule has 8 heteroatoms. The molecule has 4 rings (SSSR count). The third-order valence-electron chi connectivity index (χ3n) is 5.86. The zero-order valence-corrected chi connectivity index (χ0v) is 17.8. The Morgan fingerprint density at radius 2 is 2.11 bits per heavy atom. The van der Waals surface area contributed by atoms with Crippen LogP contribution in [-0.4, -0.2) is 35.4 Å². The van der Waals surface area contributed by atoms with Crippen LogP contribution in [0.5, 0.6) is 0 Å². The molecule has 1 saturated heterocycles. The Hall–Kier alpha value is -1.41. The molecule has 1 aromatic rings. The van der Waals surface area contributed by atoms with Crippen molar-refractivity contribution < 1.29 is 23.9 Å². The second kappa shape index (κ2) is 7.20. The number of halogens is 2. The first kappa shape index (κ1) is 18.9. The molecule has 1 heterocycles. The highest BCUT2D eigenvalue weighted by Gasteiger charge is 2.68. The number of carbonyl (C=O) groups excluding carboxylic acids is 3. The van der Waals surface area contributed by atoms with E-state index in [0.717, 1.165) is 22.9 Å². The van der Waals surface area contributed by atoms with Crippen LogP contribution in [0.25, 0.3) is 0 Å². The first-order valence-corrected chi connectivity index (χ1v) is 10.7. The summed E-state index contributed by atoms with van der Waals surface area (Å²) in [5.74, 6) is -2.07. The van der Waals surface area contributed by atoms with E-state index in [1.807, 2.05) is 25.1 Å². The Labute approximate surface area is 173 Å². The fourth-order valence-electron chi connectivity index (χ4n) is 4.69. The van der Waals surface area contributed by atoms with E-state index in [9.17, 15) is 14.4 Å². The van der Waals surface area contributed by atoms with Crippen LogP contribution in [0.15, 0.2) is 22.7 Å². The average Bonchev–Trinajstić information content (AvgIpc) is 3.25. The molecule has 6 atom stereocenters. The number of nitrogens with one attached hydrogen (secondary N) is 1. The van der Waals surface area contributed by atoms with Crippen LogP contribution in [0.1, 0.15) is 18.9 Å². The minimum absolute atomic E-state index is 0.0187. The van der Waals surface area contributed by atoms with Gasteiger partial charge in [-0.25, -0.2) is 0 Å². The summed E-state index contributed by atoms with van der Waals surface area (Å²) >= 11 is 6.97. The van der Waals surface area contributed by atoms with Gasteiger partial charge >= 0.3 is 11.9 Å². The van der Waals surface area contributed by atoms with Crippen LogP contribution in [-0.2, 0) is 30.3 Å². The first-order valence-electron chi connectivity index (χ1n) is 9.00. The number of hydrogen-bond donors (Lipinski definition) is 1. The number of anilines is 1. The maximum absolute atomic E-state index is 12.6. The fraction of sp³-hybridized carbons (Fsp3) is 0.526. The SMILES string of the molecule is CCc1cc(Br)ccc1NC(=O)COC(=O)[C@@H]1[C@H]2C[C@H]3[C@H](OC(=O)[C@H]31)[C@@H]2Br. The fourth-order valence-corrected chi connectivity index (χ4v) is 6.14. The van der Waals surface area contributed by atoms with Crippen molar-refractivity contribution in [3.63, 3.8) is 0 Å². The highest BCUT2D eigenvalue weighted by Crippen LogP contribution is 2.60. The van der Waals surface area contributed by atoms with E-state index in [1.54, 1.807) is 0 Å². The van der Waals surface area contributed by atoms with Gasteiger partial charge in [-0.3, -0.25) is 14.4 Å². The summed E-state index contributed by atoms with van der Waals surface area (Å²) in [5.41, 5.74) is 1.68. The number of amides is 1. The third-order valence-corrected chi connectivity index (χ3v) is 7.56. The van der Waals surface area contributed by atoms with Gasteiger partial charge in [-0.05, 0) is 42.5 Å². The lowest BCUT2D eigenvalue weighted by molar-refractivity contribution is -0.157. The second-order valence-electron chi connectivity index (χ2n) is 7.27. The van der Waals surface area contributed by atoms with E-state index in [1.165, 1.54) is 0 Å². The molecule has 3 fully saturated rings. The molecule has 2 saturated carbocycles.